The largest absolute Gasteiger partial charge is 0.350 e. The number of carbonyl (C=O) groups is 1. The average Bonchev–Trinajstić information content (AvgIpc) is 3.20. The van der Waals surface area contributed by atoms with Crippen LogP contribution in [0.25, 0.3) is 0 Å². The van der Waals surface area contributed by atoms with Crippen LogP contribution in [0.3, 0.4) is 0 Å². The molecule has 3 rings (SSSR count). The first-order valence-corrected chi connectivity index (χ1v) is 7.93. The number of rotatable bonds is 4. The Morgan fingerprint density at radius 3 is 2.81 bits per heavy atom. The van der Waals surface area contributed by atoms with Gasteiger partial charge in [-0.2, -0.15) is 5.10 Å². The predicted molar refractivity (Wildman–Crippen MR) is 85.1 cm³/mol. The normalized spacial score (nSPS) is 20.3. The van der Waals surface area contributed by atoms with E-state index in [0.29, 0.717) is 12.5 Å². The molecule has 1 heterocycles. The van der Waals surface area contributed by atoms with Crippen molar-refractivity contribution in [2.75, 3.05) is 0 Å². The molecular weight excluding hydrogens is 354 g/mol. The molecule has 1 amide bonds. The zero-order chi connectivity index (χ0) is 15.0. The summed E-state index contributed by atoms with van der Waals surface area (Å²) in [5.41, 5.74) is 2.15. The van der Waals surface area contributed by atoms with Gasteiger partial charge in [0.15, 0.2) is 0 Å². The lowest BCUT2D eigenvalue weighted by atomic mass is 10.1. The van der Waals surface area contributed by atoms with Crippen molar-refractivity contribution in [2.45, 2.75) is 18.9 Å². The van der Waals surface area contributed by atoms with E-state index in [1.807, 2.05) is 31.3 Å². The zero-order valence-electron chi connectivity index (χ0n) is 11.5. The third-order valence-electron chi connectivity index (χ3n) is 3.87. The number of amides is 1. The first-order valence-electron chi connectivity index (χ1n) is 6.76. The van der Waals surface area contributed by atoms with Crippen molar-refractivity contribution in [3.05, 3.63) is 51.2 Å². The van der Waals surface area contributed by atoms with Crippen molar-refractivity contribution in [1.29, 1.82) is 0 Å². The Balaban J connectivity index is 1.57. The van der Waals surface area contributed by atoms with Crippen LogP contribution < -0.4 is 5.32 Å². The third kappa shape index (κ3) is 3.14. The average molecular weight is 369 g/mol. The lowest BCUT2D eigenvalue weighted by molar-refractivity contribution is -0.122. The highest BCUT2D eigenvalue weighted by Gasteiger charge is 2.43. The molecule has 0 saturated heterocycles. The minimum atomic E-state index is 0.0678. The highest BCUT2D eigenvalue weighted by atomic mass is 79.9. The van der Waals surface area contributed by atoms with Crippen LogP contribution in [0.15, 0.2) is 34.9 Å². The van der Waals surface area contributed by atoms with Crippen LogP contribution in [-0.4, -0.2) is 15.7 Å². The lowest BCUT2D eigenvalue weighted by Crippen LogP contribution is -2.26. The third-order valence-corrected chi connectivity index (χ3v) is 4.78. The molecule has 110 valence electrons. The van der Waals surface area contributed by atoms with Gasteiger partial charge in [0.2, 0.25) is 5.91 Å². The van der Waals surface area contributed by atoms with Crippen molar-refractivity contribution in [3.8, 4) is 0 Å². The molecule has 0 spiro atoms. The van der Waals surface area contributed by atoms with Gasteiger partial charge < -0.3 is 5.32 Å². The second kappa shape index (κ2) is 5.81. The van der Waals surface area contributed by atoms with Crippen molar-refractivity contribution in [2.24, 2.45) is 13.0 Å². The summed E-state index contributed by atoms with van der Waals surface area (Å²) in [4.78, 5) is 12.2. The van der Waals surface area contributed by atoms with Gasteiger partial charge in [-0.1, -0.05) is 23.7 Å². The molecule has 0 bridgehead atoms. The van der Waals surface area contributed by atoms with Crippen LogP contribution in [0.5, 0.6) is 0 Å². The Morgan fingerprint density at radius 2 is 2.19 bits per heavy atom. The monoisotopic (exact) mass is 367 g/mol. The number of hydrogen-bond donors (Lipinski definition) is 1. The van der Waals surface area contributed by atoms with Gasteiger partial charge in [-0.05, 0) is 46.0 Å². The smallest absolute Gasteiger partial charge is 0.224 e. The van der Waals surface area contributed by atoms with Crippen LogP contribution in [0, 0.1) is 5.92 Å². The molecule has 0 radical (unpaired) electrons. The molecule has 2 unspecified atom stereocenters. The fraction of sp³-hybridized carbons (Fsp3) is 0.333. The Bertz CT molecular complexity index is 649. The van der Waals surface area contributed by atoms with Crippen LogP contribution in [0.1, 0.15) is 23.6 Å². The van der Waals surface area contributed by atoms with Crippen molar-refractivity contribution in [3.63, 3.8) is 0 Å². The fourth-order valence-corrected chi connectivity index (χ4v) is 3.11. The summed E-state index contributed by atoms with van der Waals surface area (Å²) < 4.78 is 2.67. The number of benzene rings is 1. The summed E-state index contributed by atoms with van der Waals surface area (Å²) >= 11 is 9.31. The van der Waals surface area contributed by atoms with Gasteiger partial charge in [-0.15, -0.1) is 0 Å². The van der Waals surface area contributed by atoms with E-state index in [9.17, 15) is 4.79 Å². The highest BCUT2D eigenvalue weighted by molar-refractivity contribution is 9.10. The van der Waals surface area contributed by atoms with Crippen molar-refractivity contribution >= 4 is 33.4 Å². The van der Waals surface area contributed by atoms with E-state index in [1.54, 1.807) is 10.9 Å². The van der Waals surface area contributed by atoms with E-state index in [4.69, 9.17) is 11.6 Å². The van der Waals surface area contributed by atoms with Crippen molar-refractivity contribution in [1.82, 2.24) is 15.1 Å². The molecule has 1 fully saturated rings. The quantitative estimate of drug-likeness (QED) is 0.900. The summed E-state index contributed by atoms with van der Waals surface area (Å²) in [6, 6.07) is 7.74. The molecule has 21 heavy (non-hydrogen) atoms. The van der Waals surface area contributed by atoms with Gasteiger partial charge >= 0.3 is 0 Å². The Labute approximate surface area is 136 Å². The molecule has 1 aromatic heterocycles. The Hall–Kier alpha value is -1.33. The van der Waals surface area contributed by atoms with Gasteiger partial charge in [0.05, 0.1) is 22.9 Å². The number of hydrogen-bond acceptors (Lipinski definition) is 2. The first-order chi connectivity index (χ1) is 10.1. The highest BCUT2D eigenvalue weighted by Crippen LogP contribution is 2.47. The van der Waals surface area contributed by atoms with Crippen LogP contribution in [0.2, 0.25) is 5.02 Å². The maximum atomic E-state index is 12.2. The van der Waals surface area contributed by atoms with Gasteiger partial charge in [-0.3, -0.25) is 9.48 Å². The van der Waals surface area contributed by atoms with E-state index in [-0.39, 0.29) is 11.8 Å². The van der Waals surface area contributed by atoms with E-state index in [0.717, 1.165) is 21.6 Å². The summed E-state index contributed by atoms with van der Waals surface area (Å²) in [7, 11) is 1.86. The molecule has 1 aliphatic carbocycles. The maximum absolute atomic E-state index is 12.2. The Morgan fingerprint density at radius 1 is 1.48 bits per heavy atom. The van der Waals surface area contributed by atoms with E-state index in [2.05, 4.69) is 26.3 Å². The zero-order valence-corrected chi connectivity index (χ0v) is 13.9. The molecule has 2 atom stereocenters. The standard InChI is InChI=1S/C15H15BrClN3O/c1-20-14(13(16)7-19-20)8-18-15(21)12-6-11(12)9-2-4-10(17)5-3-9/h2-5,7,11-12H,6,8H2,1H3,(H,18,21). The molecular formula is C15H15BrClN3O. The fourth-order valence-electron chi connectivity index (χ4n) is 2.50. The molecule has 1 aromatic carbocycles. The van der Waals surface area contributed by atoms with Crippen molar-refractivity contribution < 1.29 is 4.79 Å². The number of nitrogens with one attached hydrogen (secondary N) is 1. The summed E-state index contributed by atoms with van der Waals surface area (Å²) in [5.74, 6) is 0.485. The van der Waals surface area contributed by atoms with E-state index < -0.39 is 0 Å². The van der Waals surface area contributed by atoms with Gasteiger partial charge in [-0.25, -0.2) is 0 Å². The van der Waals surface area contributed by atoms with Gasteiger partial charge in [0, 0.05) is 18.0 Å². The topological polar surface area (TPSA) is 46.9 Å². The molecule has 1 N–H and O–H groups in total. The van der Waals surface area contributed by atoms with Crippen LogP contribution >= 0.6 is 27.5 Å². The number of aryl methyl sites for hydroxylation is 1. The molecule has 2 aromatic rings. The summed E-state index contributed by atoms with van der Waals surface area (Å²) in [6.07, 6.45) is 2.63. The molecule has 4 nitrogen and oxygen atoms in total. The van der Waals surface area contributed by atoms with E-state index in [1.165, 1.54) is 5.56 Å². The van der Waals surface area contributed by atoms with E-state index >= 15 is 0 Å². The second-order valence-corrected chi connectivity index (χ2v) is 6.57. The molecule has 1 saturated carbocycles. The van der Waals surface area contributed by atoms with Crippen LogP contribution in [-0.2, 0) is 18.4 Å². The molecule has 6 heteroatoms. The molecule has 1 aliphatic rings. The maximum Gasteiger partial charge on any atom is 0.224 e. The number of halogens is 2. The minimum Gasteiger partial charge on any atom is -0.350 e. The Kier molecular flexibility index (Phi) is 4.04. The summed E-state index contributed by atoms with van der Waals surface area (Å²) in [5, 5.41) is 7.84. The van der Waals surface area contributed by atoms with Gasteiger partial charge in [0.1, 0.15) is 0 Å². The SMILES string of the molecule is Cn1ncc(Br)c1CNC(=O)C1CC1c1ccc(Cl)cc1. The number of nitrogens with zero attached hydrogens (tertiary/aromatic N) is 2. The van der Waals surface area contributed by atoms with Crippen LogP contribution in [0.4, 0.5) is 0 Å². The number of carbonyl (C=O) groups excluding carboxylic acids is 1. The summed E-state index contributed by atoms with van der Waals surface area (Å²) in [6.45, 7) is 0.486. The molecule has 0 aliphatic heterocycles. The van der Waals surface area contributed by atoms with Gasteiger partial charge in [0.25, 0.3) is 0 Å². The lowest BCUT2D eigenvalue weighted by Gasteiger charge is -2.06. The predicted octanol–water partition coefficient (Wildman–Crippen LogP) is 3.26. The first kappa shape index (κ1) is 14.6. The minimum absolute atomic E-state index is 0.0678. The number of aromatic nitrogens is 2. The second-order valence-electron chi connectivity index (χ2n) is 5.28.